The van der Waals surface area contributed by atoms with Crippen LogP contribution in [0.2, 0.25) is 0 Å². The van der Waals surface area contributed by atoms with Crippen molar-refractivity contribution in [2.75, 3.05) is 0 Å². The fourth-order valence-electron chi connectivity index (χ4n) is 1.57. The highest BCUT2D eigenvalue weighted by atomic mass is 19.1. The van der Waals surface area contributed by atoms with Crippen LogP contribution in [0.5, 0.6) is 0 Å². The molecule has 0 fully saturated rings. The van der Waals surface area contributed by atoms with Gasteiger partial charge in [0.15, 0.2) is 0 Å². The predicted octanol–water partition coefficient (Wildman–Crippen LogP) is -0.00280. The first-order valence-corrected chi connectivity index (χ1v) is 4.20. The maximum atomic E-state index is 12.9. The minimum Gasteiger partial charge on any atom is -0.422 e. The molecule has 1 aromatic heterocycles. The smallest absolute Gasteiger partial charge is 0.422 e. The van der Waals surface area contributed by atoms with Gasteiger partial charge in [0, 0.05) is 12.6 Å². The predicted molar refractivity (Wildman–Crippen MR) is 52.7 cm³/mol. The van der Waals surface area contributed by atoms with Gasteiger partial charge in [0.1, 0.15) is 5.82 Å². The number of nitrogens with zero attached hydrogens (tertiary/aromatic N) is 1. The maximum Gasteiger partial charge on any atom is 0.505 e. The molecule has 0 aliphatic heterocycles. The fraction of sp³-hybridized carbons (Fsp3) is 0.111. The second kappa shape index (κ2) is 3.11. The topological polar surface area (TPSA) is 45.4 Å². The van der Waals surface area contributed by atoms with Crippen molar-refractivity contribution >= 4 is 23.6 Å². The number of benzene rings is 1. The first-order valence-electron chi connectivity index (χ1n) is 4.20. The monoisotopic (exact) mass is 193 g/mol. The average Bonchev–Trinajstić information content (AvgIpc) is 2.44. The van der Waals surface area contributed by atoms with E-state index in [1.807, 2.05) is 0 Å². The number of aromatic nitrogens is 1. The van der Waals surface area contributed by atoms with Crippen LogP contribution in [-0.4, -0.2) is 21.7 Å². The Labute approximate surface area is 80.5 Å². The van der Waals surface area contributed by atoms with Crippen LogP contribution in [0.1, 0.15) is 0 Å². The number of fused-ring (bicyclic) bond motifs is 1. The van der Waals surface area contributed by atoms with Gasteiger partial charge >= 0.3 is 7.12 Å². The van der Waals surface area contributed by atoms with E-state index in [-0.39, 0.29) is 5.82 Å². The maximum absolute atomic E-state index is 12.9. The van der Waals surface area contributed by atoms with Crippen LogP contribution in [-0.2, 0) is 7.05 Å². The Balaban J connectivity index is 2.74. The van der Waals surface area contributed by atoms with Crippen LogP contribution in [0, 0.1) is 5.82 Å². The Morgan fingerprint density at radius 3 is 2.64 bits per heavy atom. The minimum absolute atomic E-state index is 0.335. The van der Waals surface area contributed by atoms with Crippen molar-refractivity contribution in [1.29, 1.82) is 0 Å². The standard InChI is InChI=1S/C9H9BFNO2/c1-12-8-5-7(11)3-2-6(8)4-9(12)10(13)14/h2-5,13-14H,1H3. The molecule has 2 aromatic rings. The van der Waals surface area contributed by atoms with E-state index in [0.717, 1.165) is 5.39 Å². The van der Waals surface area contributed by atoms with Crippen molar-refractivity contribution in [3.63, 3.8) is 0 Å². The molecule has 2 N–H and O–H groups in total. The quantitative estimate of drug-likeness (QED) is 0.626. The molecule has 0 atom stereocenters. The first kappa shape index (κ1) is 9.24. The van der Waals surface area contributed by atoms with E-state index >= 15 is 0 Å². The second-order valence-corrected chi connectivity index (χ2v) is 3.21. The van der Waals surface area contributed by atoms with E-state index in [9.17, 15) is 4.39 Å². The summed E-state index contributed by atoms with van der Waals surface area (Å²) in [5.74, 6) is -0.335. The summed E-state index contributed by atoms with van der Waals surface area (Å²) in [6, 6.07) is 5.94. The van der Waals surface area contributed by atoms with E-state index < -0.39 is 7.12 Å². The van der Waals surface area contributed by atoms with Gasteiger partial charge in [-0.3, -0.25) is 0 Å². The summed E-state index contributed by atoms with van der Waals surface area (Å²) in [7, 11) is 0.131. The lowest BCUT2D eigenvalue weighted by Crippen LogP contribution is -2.34. The molecule has 0 saturated carbocycles. The number of halogens is 1. The zero-order valence-electron chi connectivity index (χ0n) is 7.61. The summed E-state index contributed by atoms with van der Waals surface area (Å²) in [5, 5.41) is 18.8. The van der Waals surface area contributed by atoms with Crippen molar-refractivity contribution in [1.82, 2.24) is 4.57 Å². The Kier molecular flexibility index (Phi) is 2.05. The van der Waals surface area contributed by atoms with Gasteiger partial charge in [-0.2, -0.15) is 0 Å². The van der Waals surface area contributed by atoms with E-state index in [4.69, 9.17) is 10.0 Å². The molecule has 3 nitrogen and oxygen atoms in total. The highest BCUT2D eigenvalue weighted by molar-refractivity contribution is 6.58. The molecule has 0 amide bonds. The van der Waals surface area contributed by atoms with E-state index in [1.165, 1.54) is 12.1 Å². The van der Waals surface area contributed by atoms with E-state index in [1.54, 1.807) is 23.7 Å². The van der Waals surface area contributed by atoms with Crippen LogP contribution in [0.15, 0.2) is 24.3 Å². The van der Waals surface area contributed by atoms with Crippen LogP contribution in [0.4, 0.5) is 4.39 Å². The summed E-state index contributed by atoms with van der Waals surface area (Å²) in [6.45, 7) is 0. The molecule has 1 heterocycles. The number of hydrogen-bond donors (Lipinski definition) is 2. The lowest BCUT2D eigenvalue weighted by molar-refractivity contribution is 0.423. The van der Waals surface area contributed by atoms with Gasteiger partial charge in [-0.15, -0.1) is 0 Å². The van der Waals surface area contributed by atoms with E-state index in [2.05, 4.69) is 0 Å². The average molecular weight is 193 g/mol. The third-order valence-corrected chi connectivity index (χ3v) is 2.31. The summed E-state index contributed by atoms with van der Waals surface area (Å²) in [4.78, 5) is 0. The zero-order valence-corrected chi connectivity index (χ0v) is 7.61. The Morgan fingerprint density at radius 2 is 2.00 bits per heavy atom. The van der Waals surface area contributed by atoms with Crippen LogP contribution in [0.25, 0.3) is 10.9 Å². The third-order valence-electron chi connectivity index (χ3n) is 2.31. The van der Waals surface area contributed by atoms with Crippen molar-refractivity contribution in [3.8, 4) is 0 Å². The molecule has 0 saturated heterocycles. The summed E-state index contributed by atoms with van der Waals surface area (Å²) >= 11 is 0. The first-order chi connectivity index (χ1) is 6.59. The molecule has 0 aliphatic carbocycles. The van der Waals surface area contributed by atoms with Crippen molar-refractivity contribution < 1.29 is 14.4 Å². The van der Waals surface area contributed by atoms with Gasteiger partial charge in [0.2, 0.25) is 0 Å². The second-order valence-electron chi connectivity index (χ2n) is 3.21. The Hall–Kier alpha value is -1.33. The van der Waals surface area contributed by atoms with Gasteiger partial charge in [-0.05, 0) is 29.7 Å². The molecule has 0 aliphatic rings. The van der Waals surface area contributed by atoms with Crippen LogP contribution in [0.3, 0.4) is 0 Å². The molecule has 1 aromatic carbocycles. The van der Waals surface area contributed by atoms with Crippen molar-refractivity contribution in [2.45, 2.75) is 0 Å². The van der Waals surface area contributed by atoms with Gasteiger partial charge in [-0.25, -0.2) is 4.39 Å². The van der Waals surface area contributed by atoms with Gasteiger partial charge < -0.3 is 14.6 Å². The molecule has 2 rings (SSSR count). The number of rotatable bonds is 1. The Bertz CT molecular complexity index is 481. The Morgan fingerprint density at radius 1 is 1.29 bits per heavy atom. The molecule has 14 heavy (non-hydrogen) atoms. The number of aryl methyl sites for hydroxylation is 1. The van der Waals surface area contributed by atoms with Crippen molar-refractivity contribution in [3.05, 3.63) is 30.1 Å². The molecular weight excluding hydrogens is 184 g/mol. The normalized spacial score (nSPS) is 10.9. The molecule has 0 unspecified atom stereocenters. The summed E-state index contributed by atoms with van der Waals surface area (Å²) in [6.07, 6.45) is 0. The number of hydrogen-bond acceptors (Lipinski definition) is 2. The lowest BCUT2D eigenvalue weighted by atomic mass is 9.86. The SMILES string of the molecule is Cn1c(B(O)O)cc2ccc(F)cc21. The lowest BCUT2D eigenvalue weighted by Gasteiger charge is -2.01. The molecule has 5 heteroatoms. The van der Waals surface area contributed by atoms with E-state index in [0.29, 0.717) is 11.1 Å². The van der Waals surface area contributed by atoms with Gasteiger partial charge in [-0.1, -0.05) is 0 Å². The molecule has 0 bridgehead atoms. The zero-order chi connectivity index (χ0) is 10.3. The summed E-state index contributed by atoms with van der Waals surface area (Å²) < 4.78 is 14.4. The van der Waals surface area contributed by atoms with Gasteiger partial charge in [0.25, 0.3) is 0 Å². The van der Waals surface area contributed by atoms with Gasteiger partial charge in [0.05, 0.1) is 5.52 Å². The molecule has 72 valence electrons. The molecule has 0 spiro atoms. The minimum atomic E-state index is -1.53. The van der Waals surface area contributed by atoms with Crippen LogP contribution >= 0.6 is 0 Å². The molecule has 0 radical (unpaired) electrons. The largest absolute Gasteiger partial charge is 0.505 e. The highest BCUT2D eigenvalue weighted by Crippen LogP contribution is 2.14. The molecular formula is C9H9BFNO2. The fourth-order valence-corrected chi connectivity index (χ4v) is 1.57. The third kappa shape index (κ3) is 1.30. The highest BCUT2D eigenvalue weighted by Gasteiger charge is 2.17. The van der Waals surface area contributed by atoms with Crippen molar-refractivity contribution in [2.24, 2.45) is 7.05 Å². The van der Waals surface area contributed by atoms with Crippen LogP contribution < -0.4 is 5.59 Å². The summed E-state index contributed by atoms with van der Waals surface area (Å²) in [5.41, 5.74) is 0.999.